The molecule has 2 aliphatic heterocycles. The summed E-state index contributed by atoms with van der Waals surface area (Å²) in [7, 11) is 4.62. The topological polar surface area (TPSA) is 92.0 Å². The molecule has 0 saturated carbocycles. The molecule has 1 N–H and O–H groups in total. The second-order valence-electron chi connectivity index (χ2n) is 7.24. The van der Waals surface area contributed by atoms with Crippen molar-refractivity contribution in [3.8, 4) is 23.3 Å². The minimum absolute atomic E-state index is 0.0305. The van der Waals surface area contributed by atoms with Gasteiger partial charge in [0, 0.05) is 23.5 Å². The van der Waals surface area contributed by atoms with Crippen LogP contribution in [0.15, 0.2) is 53.1 Å². The highest BCUT2D eigenvalue weighted by molar-refractivity contribution is 8.03. The molecule has 160 valence electrons. The van der Waals surface area contributed by atoms with E-state index >= 15 is 0 Å². The van der Waals surface area contributed by atoms with Crippen LogP contribution in [0, 0.1) is 11.3 Å². The van der Waals surface area contributed by atoms with Gasteiger partial charge >= 0.3 is 0 Å². The lowest BCUT2D eigenvalue weighted by Gasteiger charge is -2.38. The third-order valence-electron chi connectivity index (χ3n) is 5.65. The average Bonchev–Trinajstić information content (AvgIpc) is 3.17. The van der Waals surface area contributed by atoms with Crippen molar-refractivity contribution in [3.05, 3.63) is 64.2 Å². The Morgan fingerprint density at radius 3 is 2.61 bits per heavy atom. The highest BCUT2D eigenvalue weighted by Gasteiger charge is 2.52. The minimum atomic E-state index is -1.56. The predicted molar refractivity (Wildman–Crippen MR) is 116 cm³/mol. The van der Waals surface area contributed by atoms with Crippen molar-refractivity contribution in [1.82, 2.24) is 4.90 Å². The Labute approximate surface area is 184 Å². The number of benzene rings is 2. The van der Waals surface area contributed by atoms with E-state index in [1.807, 2.05) is 12.1 Å². The summed E-state index contributed by atoms with van der Waals surface area (Å²) >= 11 is 1.30. The van der Waals surface area contributed by atoms with Gasteiger partial charge in [0.05, 0.1) is 43.8 Å². The molecule has 7 nitrogen and oxygen atoms in total. The quantitative estimate of drug-likeness (QED) is 0.765. The van der Waals surface area contributed by atoms with E-state index in [-0.39, 0.29) is 18.1 Å². The second-order valence-corrected chi connectivity index (χ2v) is 8.20. The molecule has 0 unspecified atom stereocenters. The number of thioether (sulfide) groups is 1. The molecule has 0 spiro atoms. The van der Waals surface area contributed by atoms with Crippen LogP contribution in [0.25, 0.3) is 0 Å². The summed E-state index contributed by atoms with van der Waals surface area (Å²) < 4.78 is 16.2. The average molecular weight is 439 g/mol. The van der Waals surface area contributed by atoms with E-state index in [1.165, 1.54) is 23.8 Å². The summed E-state index contributed by atoms with van der Waals surface area (Å²) in [6, 6.07) is 14.7. The van der Waals surface area contributed by atoms with Gasteiger partial charge in [-0.2, -0.15) is 5.26 Å². The Kier molecular flexibility index (Phi) is 5.56. The Morgan fingerprint density at radius 1 is 1.16 bits per heavy atom. The SMILES string of the molecule is COc1cccc([C@]2(O)CSC3=C(C#N)[C@H](c4cccc(OC)c4OC)CC(=O)N32)c1. The molecular weight excluding hydrogens is 416 g/mol. The molecule has 4 rings (SSSR count). The molecule has 0 bridgehead atoms. The van der Waals surface area contributed by atoms with Crippen molar-refractivity contribution in [2.75, 3.05) is 27.1 Å². The van der Waals surface area contributed by atoms with Crippen molar-refractivity contribution in [2.45, 2.75) is 18.1 Å². The van der Waals surface area contributed by atoms with E-state index in [9.17, 15) is 15.2 Å². The number of allylic oxidation sites excluding steroid dienone is 1. The largest absolute Gasteiger partial charge is 0.497 e. The number of nitrogens with zero attached hydrogens (tertiary/aromatic N) is 2. The molecule has 1 saturated heterocycles. The highest BCUT2D eigenvalue weighted by atomic mass is 32.2. The number of aliphatic hydroxyl groups is 1. The Hall–Kier alpha value is -3.15. The molecule has 2 atom stereocenters. The zero-order valence-corrected chi connectivity index (χ0v) is 18.2. The van der Waals surface area contributed by atoms with Crippen LogP contribution >= 0.6 is 11.8 Å². The van der Waals surface area contributed by atoms with Crippen LogP contribution in [0.5, 0.6) is 17.2 Å². The Balaban J connectivity index is 1.83. The summed E-state index contributed by atoms with van der Waals surface area (Å²) in [5.41, 5.74) is 0.112. The number of amides is 1. The molecule has 1 amide bonds. The molecular formula is C23H22N2O5S. The number of hydrogen-bond donors (Lipinski definition) is 1. The van der Waals surface area contributed by atoms with E-state index in [0.717, 1.165) is 0 Å². The molecule has 2 aromatic carbocycles. The first-order valence-electron chi connectivity index (χ1n) is 9.66. The van der Waals surface area contributed by atoms with E-state index < -0.39 is 11.6 Å². The van der Waals surface area contributed by atoms with Crippen molar-refractivity contribution in [1.29, 1.82) is 5.26 Å². The fourth-order valence-electron chi connectivity index (χ4n) is 4.16. The van der Waals surface area contributed by atoms with E-state index in [0.29, 0.717) is 39.0 Å². The van der Waals surface area contributed by atoms with Crippen LogP contribution in [0.1, 0.15) is 23.5 Å². The van der Waals surface area contributed by atoms with E-state index in [1.54, 1.807) is 44.6 Å². The maximum atomic E-state index is 13.3. The first-order valence-corrected chi connectivity index (χ1v) is 10.6. The molecule has 31 heavy (non-hydrogen) atoms. The van der Waals surface area contributed by atoms with Gasteiger partial charge in [-0.05, 0) is 18.2 Å². The summed E-state index contributed by atoms with van der Waals surface area (Å²) in [5.74, 6) is 1.07. The van der Waals surface area contributed by atoms with Crippen LogP contribution in [-0.2, 0) is 10.5 Å². The number of rotatable bonds is 5. The van der Waals surface area contributed by atoms with Crippen molar-refractivity contribution < 1.29 is 24.1 Å². The number of carbonyl (C=O) groups is 1. The fraction of sp³-hybridized carbons (Fsp3) is 0.304. The van der Waals surface area contributed by atoms with Crippen molar-refractivity contribution in [2.24, 2.45) is 0 Å². The van der Waals surface area contributed by atoms with Crippen LogP contribution in [-0.4, -0.2) is 43.0 Å². The monoisotopic (exact) mass is 438 g/mol. The maximum Gasteiger partial charge on any atom is 0.231 e. The summed E-state index contributed by atoms with van der Waals surface area (Å²) in [5, 5.41) is 22.0. The zero-order chi connectivity index (χ0) is 22.2. The van der Waals surface area contributed by atoms with Gasteiger partial charge in [0.15, 0.2) is 17.2 Å². The second kappa shape index (κ2) is 8.17. The van der Waals surface area contributed by atoms with Crippen LogP contribution in [0.3, 0.4) is 0 Å². The van der Waals surface area contributed by atoms with Crippen LogP contribution < -0.4 is 14.2 Å². The number of hydrogen-bond acceptors (Lipinski definition) is 7. The molecule has 0 aromatic heterocycles. The molecule has 8 heteroatoms. The van der Waals surface area contributed by atoms with Gasteiger partial charge < -0.3 is 19.3 Å². The summed E-state index contributed by atoms with van der Waals surface area (Å²) in [6.45, 7) is 0. The molecule has 2 aromatic rings. The predicted octanol–water partition coefficient (Wildman–Crippen LogP) is 3.36. The van der Waals surface area contributed by atoms with Gasteiger partial charge in [0.25, 0.3) is 0 Å². The first-order chi connectivity index (χ1) is 15.0. The zero-order valence-electron chi connectivity index (χ0n) is 17.4. The normalized spacial score (nSPS) is 22.7. The number of nitriles is 1. The fourth-order valence-corrected chi connectivity index (χ4v) is 5.52. The summed E-state index contributed by atoms with van der Waals surface area (Å²) in [6.07, 6.45) is 0.0305. The van der Waals surface area contributed by atoms with Gasteiger partial charge in [-0.1, -0.05) is 24.3 Å². The maximum absolute atomic E-state index is 13.3. The first kappa shape index (κ1) is 21.1. The lowest BCUT2D eigenvalue weighted by Crippen LogP contribution is -2.48. The minimum Gasteiger partial charge on any atom is -0.497 e. The van der Waals surface area contributed by atoms with Gasteiger partial charge in [0.2, 0.25) is 5.91 Å². The smallest absolute Gasteiger partial charge is 0.231 e. The number of methoxy groups -OCH3 is 3. The van der Waals surface area contributed by atoms with Crippen LogP contribution in [0.4, 0.5) is 0 Å². The standard InChI is InChI=1S/C23H22N2O5S/c1-28-15-7-4-6-14(10-15)23(27)13-31-22-18(12-24)17(11-20(26)25(22)23)16-8-5-9-19(29-2)21(16)30-3/h4-10,17,27H,11,13H2,1-3H3/t17-,23+/m0/s1. The molecule has 0 aliphatic carbocycles. The van der Waals surface area contributed by atoms with Crippen molar-refractivity contribution >= 4 is 17.7 Å². The lowest BCUT2D eigenvalue weighted by molar-refractivity contribution is -0.149. The van der Waals surface area contributed by atoms with Gasteiger partial charge in [0.1, 0.15) is 5.75 Å². The molecule has 2 aliphatic rings. The number of para-hydroxylation sites is 1. The lowest BCUT2D eigenvalue weighted by atomic mass is 9.84. The molecule has 2 heterocycles. The third-order valence-corrected chi connectivity index (χ3v) is 6.87. The number of ether oxygens (including phenoxy) is 3. The van der Waals surface area contributed by atoms with Crippen LogP contribution in [0.2, 0.25) is 0 Å². The van der Waals surface area contributed by atoms with Gasteiger partial charge in [-0.25, -0.2) is 0 Å². The molecule has 0 radical (unpaired) electrons. The Morgan fingerprint density at radius 2 is 1.94 bits per heavy atom. The number of carbonyl (C=O) groups excluding carboxylic acids is 1. The summed E-state index contributed by atoms with van der Waals surface area (Å²) in [4.78, 5) is 14.7. The molecule has 1 fully saturated rings. The third kappa shape index (κ3) is 3.30. The Bertz CT molecular complexity index is 1110. The van der Waals surface area contributed by atoms with Gasteiger partial charge in [-0.3, -0.25) is 9.69 Å². The van der Waals surface area contributed by atoms with E-state index in [4.69, 9.17) is 14.2 Å². The highest BCUT2D eigenvalue weighted by Crippen LogP contribution is 2.53. The number of fused-ring (bicyclic) bond motifs is 1. The van der Waals surface area contributed by atoms with E-state index in [2.05, 4.69) is 6.07 Å². The van der Waals surface area contributed by atoms with Crippen molar-refractivity contribution in [3.63, 3.8) is 0 Å². The van der Waals surface area contributed by atoms with Gasteiger partial charge in [-0.15, -0.1) is 11.8 Å².